The Balaban J connectivity index is 1.90. The fourth-order valence-electron chi connectivity index (χ4n) is 2.42. The van der Waals surface area contributed by atoms with Crippen molar-refractivity contribution < 1.29 is 5.11 Å². The minimum atomic E-state index is 0.121. The Morgan fingerprint density at radius 3 is 2.73 bits per heavy atom. The number of hydrogen-bond donors (Lipinski definition) is 3. The summed E-state index contributed by atoms with van der Waals surface area (Å²) in [4.78, 5) is 19.0. The third kappa shape index (κ3) is 4.22. The van der Waals surface area contributed by atoms with Gasteiger partial charge in [-0.3, -0.25) is 4.98 Å². The molecule has 0 radical (unpaired) electrons. The molecule has 0 aliphatic heterocycles. The number of nitrogens with one attached hydrogen (secondary N) is 1. The van der Waals surface area contributed by atoms with Gasteiger partial charge in [0.15, 0.2) is 0 Å². The Morgan fingerprint density at radius 1 is 1.12 bits per heavy atom. The lowest BCUT2D eigenvalue weighted by atomic mass is 10.0. The van der Waals surface area contributed by atoms with Crippen LogP contribution in [-0.4, -0.2) is 57.1 Å². The number of nitrogens with two attached hydrogens (primary N) is 1. The topological polar surface area (TPSA) is 113 Å². The third-order valence-corrected chi connectivity index (χ3v) is 3.74. The van der Waals surface area contributed by atoms with Gasteiger partial charge in [-0.15, -0.1) is 0 Å². The zero-order chi connectivity index (χ0) is 18.5. The Labute approximate surface area is 151 Å². The van der Waals surface area contributed by atoms with Crippen molar-refractivity contribution in [1.29, 1.82) is 0 Å². The van der Waals surface area contributed by atoms with Gasteiger partial charge in [-0.1, -0.05) is 0 Å². The summed E-state index contributed by atoms with van der Waals surface area (Å²) >= 11 is 0. The molecule has 3 rings (SSSR count). The first kappa shape index (κ1) is 17.6. The van der Waals surface area contributed by atoms with Crippen LogP contribution < -0.4 is 11.1 Å². The van der Waals surface area contributed by atoms with Crippen molar-refractivity contribution in [2.45, 2.75) is 0 Å². The predicted octanol–water partition coefficient (Wildman–Crippen LogP) is 1.86. The van der Waals surface area contributed by atoms with Gasteiger partial charge in [0.05, 0.1) is 23.8 Å². The summed E-state index contributed by atoms with van der Waals surface area (Å²) in [5.41, 5.74) is 8.28. The van der Waals surface area contributed by atoms with Gasteiger partial charge in [0.1, 0.15) is 11.6 Å². The van der Waals surface area contributed by atoms with Crippen LogP contribution in [0.2, 0.25) is 0 Å². The summed E-state index contributed by atoms with van der Waals surface area (Å²) in [5, 5.41) is 13.5. The van der Waals surface area contributed by atoms with Crippen molar-refractivity contribution in [2.24, 2.45) is 0 Å². The van der Waals surface area contributed by atoms with Crippen molar-refractivity contribution in [1.82, 2.24) is 24.8 Å². The highest BCUT2D eigenvalue weighted by Crippen LogP contribution is 2.32. The maximum atomic E-state index is 10.3. The number of aromatic nitrogens is 4. The molecule has 8 heteroatoms. The number of rotatable bonds is 6. The minimum Gasteiger partial charge on any atom is -0.507 e. The summed E-state index contributed by atoms with van der Waals surface area (Å²) < 4.78 is 0. The first-order valence-corrected chi connectivity index (χ1v) is 8.16. The molecule has 8 nitrogen and oxygen atoms in total. The Morgan fingerprint density at radius 2 is 1.96 bits per heavy atom. The van der Waals surface area contributed by atoms with Gasteiger partial charge in [-0.2, -0.15) is 0 Å². The van der Waals surface area contributed by atoms with E-state index in [0.717, 1.165) is 18.7 Å². The van der Waals surface area contributed by atoms with Gasteiger partial charge in [-0.25, -0.2) is 15.0 Å². The molecule has 0 amide bonds. The first-order valence-electron chi connectivity index (χ1n) is 8.16. The smallest absolute Gasteiger partial charge is 0.220 e. The van der Waals surface area contributed by atoms with Crippen LogP contribution in [0.4, 0.5) is 11.8 Å². The molecule has 0 aliphatic carbocycles. The number of nitrogens with zero attached hydrogens (tertiary/aromatic N) is 5. The van der Waals surface area contributed by atoms with Gasteiger partial charge in [0, 0.05) is 30.4 Å². The van der Waals surface area contributed by atoms with Crippen LogP contribution in [0.1, 0.15) is 0 Å². The lowest BCUT2D eigenvalue weighted by molar-refractivity contribution is 0.425. The van der Waals surface area contributed by atoms with E-state index in [9.17, 15) is 5.11 Å². The van der Waals surface area contributed by atoms with E-state index in [-0.39, 0.29) is 11.7 Å². The first-order chi connectivity index (χ1) is 12.5. The summed E-state index contributed by atoms with van der Waals surface area (Å²) in [6.07, 6.45) is 4.87. The number of likely N-dealkylation sites (N-methyl/N-ethyl adjacent to an activating group) is 1. The van der Waals surface area contributed by atoms with E-state index < -0.39 is 0 Å². The highest BCUT2D eigenvalue weighted by molar-refractivity contribution is 5.74. The maximum Gasteiger partial charge on any atom is 0.220 e. The molecule has 4 N–H and O–H groups in total. The lowest BCUT2D eigenvalue weighted by Crippen LogP contribution is -2.21. The average Bonchev–Trinajstić information content (AvgIpc) is 2.62. The molecule has 0 saturated carbocycles. The van der Waals surface area contributed by atoms with Crippen LogP contribution in [0.15, 0.2) is 42.9 Å². The monoisotopic (exact) mass is 351 g/mol. The molecule has 0 fully saturated rings. The third-order valence-electron chi connectivity index (χ3n) is 3.74. The van der Waals surface area contributed by atoms with E-state index in [1.165, 1.54) is 0 Å². The van der Waals surface area contributed by atoms with E-state index in [0.29, 0.717) is 22.8 Å². The summed E-state index contributed by atoms with van der Waals surface area (Å²) in [5.74, 6) is 0.972. The summed E-state index contributed by atoms with van der Waals surface area (Å²) in [7, 11) is 4.01. The summed E-state index contributed by atoms with van der Waals surface area (Å²) in [6.45, 7) is 1.62. The van der Waals surface area contributed by atoms with Crippen LogP contribution in [0.25, 0.3) is 22.5 Å². The normalized spacial score (nSPS) is 10.9. The number of phenolic OH excluding ortho intramolecular Hbond substituents is 1. The van der Waals surface area contributed by atoms with Gasteiger partial charge in [0.2, 0.25) is 5.95 Å². The van der Waals surface area contributed by atoms with Gasteiger partial charge in [-0.05, 0) is 38.4 Å². The number of nitrogen functional groups attached to an aromatic ring is 1. The van der Waals surface area contributed by atoms with Crippen molar-refractivity contribution in [3.63, 3.8) is 0 Å². The van der Waals surface area contributed by atoms with E-state index in [1.54, 1.807) is 36.8 Å². The standard InChI is InChI=1S/C18H21N7O/c1-25(2)8-7-21-17-11-20-10-15(23-17)13-9-12(3-4-16(13)26)14-5-6-22-18(19)24-14/h3-6,9-11,26H,7-8H2,1-2H3,(H,21,23)(H2,19,22,24). The molecule has 0 saturated heterocycles. The fourth-order valence-corrected chi connectivity index (χ4v) is 2.42. The second-order valence-corrected chi connectivity index (χ2v) is 6.05. The second kappa shape index (κ2) is 7.75. The van der Waals surface area contributed by atoms with Gasteiger partial charge in [0.25, 0.3) is 0 Å². The van der Waals surface area contributed by atoms with Crippen LogP contribution in [0.3, 0.4) is 0 Å². The van der Waals surface area contributed by atoms with E-state index in [1.807, 2.05) is 20.2 Å². The molecule has 0 unspecified atom stereocenters. The quantitative estimate of drug-likeness (QED) is 0.617. The molecule has 134 valence electrons. The fraction of sp³-hybridized carbons (Fsp3) is 0.222. The van der Waals surface area contributed by atoms with Crippen molar-refractivity contribution in [2.75, 3.05) is 38.2 Å². The zero-order valence-electron chi connectivity index (χ0n) is 14.7. The molecule has 0 bridgehead atoms. The van der Waals surface area contributed by atoms with Crippen molar-refractivity contribution in [3.05, 3.63) is 42.9 Å². The van der Waals surface area contributed by atoms with Crippen LogP contribution in [0, 0.1) is 0 Å². The number of benzene rings is 1. The molecule has 0 spiro atoms. The molecule has 0 aliphatic rings. The molecule has 26 heavy (non-hydrogen) atoms. The van der Waals surface area contributed by atoms with Crippen LogP contribution in [0.5, 0.6) is 5.75 Å². The largest absolute Gasteiger partial charge is 0.507 e. The van der Waals surface area contributed by atoms with E-state index in [4.69, 9.17) is 5.73 Å². The van der Waals surface area contributed by atoms with Crippen molar-refractivity contribution >= 4 is 11.8 Å². The second-order valence-electron chi connectivity index (χ2n) is 6.05. The molecule has 2 heterocycles. The number of phenols is 1. The zero-order valence-corrected chi connectivity index (χ0v) is 14.7. The molecule has 0 atom stereocenters. The summed E-state index contributed by atoms with van der Waals surface area (Å²) in [6, 6.07) is 6.95. The number of hydrogen-bond acceptors (Lipinski definition) is 8. The van der Waals surface area contributed by atoms with Crippen molar-refractivity contribution in [3.8, 4) is 28.3 Å². The highest BCUT2D eigenvalue weighted by atomic mass is 16.3. The SMILES string of the molecule is CN(C)CCNc1cncc(-c2cc(-c3ccnc(N)n3)ccc2O)n1. The average molecular weight is 351 g/mol. The van der Waals surface area contributed by atoms with Crippen LogP contribution >= 0.6 is 0 Å². The van der Waals surface area contributed by atoms with Gasteiger partial charge < -0.3 is 21.1 Å². The van der Waals surface area contributed by atoms with E-state index >= 15 is 0 Å². The van der Waals surface area contributed by atoms with E-state index in [2.05, 4.69) is 30.2 Å². The lowest BCUT2D eigenvalue weighted by Gasteiger charge is -2.12. The molecule has 3 aromatic rings. The number of anilines is 2. The molecular weight excluding hydrogens is 330 g/mol. The Bertz CT molecular complexity index is 898. The Kier molecular flexibility index (Phi) is 5.23. The number of aromatic hydroxyl groups is 1. The Hall–Kier alpha value is -3.26. The molecule has 1 aromatic carbocycles. The van der Waals surface area contributed by atoms with Gasteiger partial charge >= 0.3 is 0 Å². The maximum absolute atomic E-state index is 10.3. The highest BCUT2D eigenvalue weighted by Gasteiger charge is 2.11. The minimum absolute atomic E-state index is 0.121. The molecular formula is C18H21N7O. The predicted molar refractivity (Wildman–Crippen MR) is 102 cm³/mol. The molecule has 2 aromatic heterocycles. The van der Waals surface area contributed by atoms with Crippen LogP contribution in [-0.2, 0) is 0 Å².